The van der Waals surface area contributed by atoms with Crippen LogP contribution in [0.1, 0.15) is 28.7 Å². The zero-order valence-electron chi connectivity index (χ0n) is 12.8. The second-order valence-electron chi connectivity index (χ2n) is 5.51. The van der Waals surface area contributed by atoms with E-state index in [0.717, 1.165) is 24.2 Å². The van der Waals surface area contributed by atoms with Crippen LogP contribution in [-0.2, 0) is 17.8 Å². The Morgan fingerprint density at radius 3 is 2.83 bits per heavy atom. The van der Waals surface area contributed by atoms with Crippen LogP contribution in [0.2, 0.25) is 0 Å². The van der Waals surface area contributed by atoms with Crippen molar-refractivity contribution in [3.05, 3.63) is 47.3 Å². The summed E-state index contributed by atoms with van der Waals surface area (Å²) in [5, 5.41) is 15.6. The number of hydrogen-bond acceptors (Lipinski definition) is 4. The third kappa shape index (κ3) is 3.40. The average Bonchev–Trinajstić information content (AvgIpc) is 2.99. The van der Waals surface area contributed by atoms with Crippen molar-refractivity contribution in [1.29, 1.82) is 0 Å². The highest BCUT2D eigenvalue weighted by molar-refractivity contribution is 6.00. The SMILES string of the molecule is CC(NC(=O)c1n[nH]c2c1CNCC2)C(=O)Nc1ccccc1. The fourth-order valence-corrected chi connectivity index (χ4v) is 2.52. The fourth-order valence-electron chi connectivity index (χ4n) is 2.52. The zero-order chi connectivity index (χ0) is 16.2. The van der Waals surface area contributed by atoms with E-state index in [-0.39, 0.29) is 11.8 Å². The Bertz CT molecular complexity index is 711. The van der Waals surface area contributed by atoms with Gasteiger partial charge in [-0.25, -0.2) is 0 Å². The van der Waals surface area contributed by atoms with Gasteiger partial charge in [0.25, 0.3) is 5.91 Å². The highest BCUT2D eigenvalue weighted by Crippen LogP contribution is 2.15. The maximum absolute atomic E-state index is 12.3. The van der Waals surface area contributed by atoms with Crippen molar-refractivity contribution >= 4 is 17.5 Å². The second kappa shape index (κ2) is 6.62. The van der Waals surface area contributed by atoms with Gasteiger partial charge in [0, 0.05) is 36.5 Å². The highest BCUT2D eigenvalue weighted by Gasteiger charge is 2.24. The van der Waals surface area contributed by atoms with Crippen molar-refractivity contribution < 1.29 is 9.59 Å². The van der Waals surface area contributed by atoms with Gasteiger partial charge in [-0.05, 0) is 19.1 Å². The molecule has 3 rings (SSSR count). The number of hydrogen-bond donors (Lipinski definition) is 4. The number of nitrogens with one attached hydrogen (secondary N) is 4. The molecule has 7 nitrogen and oxygen atoms in total. The summed E-state index contributed by atoms with van der Waals surface area (Å²) in [6.45, 7) is 3.12. The number of carbonyl (C=O) groups excluding carboxylic acids is 2. The molecule has 0 saturated carbocycles. The van der Waals surface area contributed by atoms with Crippen molar-refractivity contribution in [2.75, 3.05) is 11.9 Å². The Balaban J connectivity index is 1.63. The summed E-state index contributed by atoms with van der Waals surface area (Å²) < 4.78 is 0. The molecule has 1 aromatic carbocycles. The van der Waals surface area contributed by atoms with Gasteiger partial charge < -0.3 is 16.0 Å². The first kappa shape index (κ1) is 15.2. The molecule has 2 amide bonds. The summed E-state index contributed by atoms with van der Waals surface area (Å²) in [5.41, 5.74) is 2.91. The number of H-pyrrole nitrogens is 1. The molecule has 2 heterocycles. The molecule has 4 N–H and O–H groups in total. The Labute approximate surface area is 133 Å². The Hall–Kier alpha value is -2.67. The monoisotopic (exact) mass is 313 g/mol. The minimum atomic E-state index is -0.661. The van der Waals surface area contributed by atoms with Crippen molar-refractivity contribution in [3.63, 3.8) is 0 Å². The summed E-state index contributed by atoms with van der Waals surface area (Å²) in [7, 11) is 0. The van der Waals surface area contributed by atoms with Gasteiger partial charge in [-0.2, -0.15) is 5.10 Å². The van der Waals surface area contributed by atoms with Crippen molar-refractivity contribution in [3.8, 4) is 0 Å². The maximum atomic E-state index is 12.3. The van der Waals surface area contributed by atoms with E-state index in [1.165, 1.54) is 0 Å². The van der Waals surface area contributed by atoms with Gasteiger partial charge in [0.1, 0.15) is 6.04 Å². The second-order valence-corrected chi connectivity index (χ2v) is 5.51. The number of aromatic amines is 1. The van der Waals surface area contributed by atoms with Gasteiger partial charge in [0.2, 0.25) is 5.91 Å². The average molecular weight is 313 g/mol. The minimum absolute atomic E-state index is 0.271. The molecule has 1 aliphatic rings. The van der Waals surface area contributed by atoms with E-state index < -0.39 is 6.04 Å². The van der Waals surface area contributed by atoms with E-state index in [9.17, 15) is 9.59 Å². The molecule has 0 aliphatic carbocycles. The Kier molecular flexibility index (Phi) is 4.38. The summed E-state index contributed by atoms with van der Waals surface area (Å²) >= 11 is 0. The van der Waals surface area contributed by atoms with Gasteiger partial charge in [-0.15, -0.1) is 0 Å². The van der Waals surface area contributed by atoms with Crippen LogP contribution in [0.3, 0.4) is 0 Å². The van der Waals surface area contributed by atoms with Gasteiger partial charge in [-0.3, -0.25) is 14.7 Å². The largest absolute Gasteiger partial charge is 0.339 e. The normalized spacial score (nSPS) is 14.7. The molecular formula is C16H19N5O2. The van der Waals surface area contributed by atoms with Crippen LogP contribution in [0, 0.1) is 0 Å². The van der Waals surface area contributed by atoms with E-state index in [2.05, 4.69) is 26.1 Å². The van der Waals surface area contributed by atoms with Crippen LogP contribution in [0.5, 0.6) is 0 Å². The summed E-state index contributed by atoms with van der Waals surface area (Å²) in [6, 6.07) is 8.47. The number of rotatable bonds is 4. The Morgan fingerprint density at radius 2 is 2.04 bits per heavy atom. The van der Waals surface area contributed by atoms with Crippen molar-refractivity contribution in [2.45, 2.75) is 25.9 Å². The topological polar surface area (TPSA) is 98.9 Å². The van der Waals surface area contributed by atoms with Crippen LogP contribution >= 0.6 is 0 Å². The number of para-hydroxylation sites is 1. The molecule has 0 bridgehead atoms. The first-order valence-electron chi connectivity index (χ1n) is 7.59. The summed E-state index contributed by atoms with van der Waals surface area (Å²) in [4.78, 5) is 24.5. The van der Waals surface area contributed by atoms with Crippen molar-refractivity contribution in [2.24, 2.45) is 0 Å². The standard InChI is InChI=1S/C16H19N5O2/c1-10(15(22)19-11-5-3-2-4-6-11)18-16(23)14-12-9-17-8-7-13(12)20-21-14/h2-6,10,17H,7-9H2,1H3,(H,18,23)(H,19,22)(H,20,21). The molecule has 0 fully saturated rings. The van der Waals surface area contributed by atoms with Gasteiger partial charge in [0.05, 0.1) is 0 Å². The van der Waals surface area contributed by atoms with Crippen molar-refractivity contribution in [1.82, 2.24) is 20.8 Å². The molecule has 1 atom stereocenters. The van der Waals surface area contributed by atoms with Gasteiger partial charge in [0.15, 0.2) is 5.69 Å². The molecule has 23 heavy (non-hydrogen) atoms. The number of carbonyl (C=O) groups is 2. The van der Waals surface area contributed by atoms with E-state index >= 15 is 0 Å². The number of fused-ring (bicyclic) bond motifs is 1. The van der Waals surface area contributed by atoms with E-state index in [0.29, 0.717) is 17.9 Å². The van der Waals surface area contributed by atoms with Crippen LogP contribution in [0.4, 0.5) is 5.69 Å². The fraction of sp³-hybridized carbons (Fsp3) is 0.312. The van der Waals surface area contributed by atoms with Gasteiger partial charge in [-0.1, -0.05) is 18.2 Å². The number of amides is 2. The lowest BCUT2D eigenvalue weighted by molar-refractivity contribution is -0.117. The smallest absolute Gasteiger partial charge is 0.272 e. The lowest BCUT2D eigenvalue weighted by atomic mass is 10.1. The molecule has 120 valence electrons. The first-order chi connectivity index (χ1) is 11.1. The Morgan fingerprint density at radius 1 is 1.26 bits per heavy atom. The summed E-state index contributed by atoms with van der Waals surface area (Å²) in [5.74, 6) is -0.617. The minimum Gasteiger partial charge on any atom is -0.339 e. The number of benzene rings is 1. The van der Waals surface area contributed by atoms with E-state index in [1.807, 2.05) is 18.2 Å². The van der Waals surface area contributed by atoms with E-state index in [4.69, 9.17) is 0 Å². The number of anilines is 1. The van der Waals surface area contributed by atoms with Crippen LogP contribution in [0.25, 0.3) is 0 Å². The summed E-state index contributed by atoms with van der Waals surface area (Å²) in [6.07, 6.45) is 0.819. The molecule has 0 saturated heterocycles. The number of nitrogens with zero attached hydrogens (tertiary/aromatic N) is 1. The lowest BCUT2D eigenvalue weighted by Gasteiger charge is -2.15. The van der Waals surface area contributed by atoms with Crippen LogP contribution in [0.15, 0.2) is 30.3 Å². The predicted octanol–water partition coefficient (Wildman–Crippen LogP) is 0.812. The number of aromatic nitrogens is 2. The molecule has 1 aromatic heterocycles. The molecule has 0 spiro atoms. The third-order valence-corrected chi connectivity index (χ3v) is 3.80. The molecule has 0 radical (unpaired) electrons. The third-order valence-electron chi connectivity index (χ3n) is 3.80. The predicted molar refractivity (Wildman–Crippen MR) is 86.0 cm³/mol. The first-order valence-corrected chi connectivity index (χ1v) is 7.59. The van der Waals surface area contributed by atoms with Gasteiger partial charge >= 0.3 is 0 Å². The van der Waals surface area contributed by atoms with Crippen LogP contribution < -0.4 is 16.0 Å². The highest BCUT2D eigenvalue weighted by atomic mass is 16.2. The molecule has 7 heteroatoms. The molecule has 1 aliphatic heterocycles. The molecular weight excluding hydrogens is 294 g/mol. The molecule has 2 aromatic rings. The van der Waals surface area contributed by atoms with Crippen LogP contribution in [-0.4, -0.2) is 34.6 Å². The lowest BCUT2D eigenvalue weighted by Crippen LogP contribution is -2.42. The maximum Gasteiger partial charge on any atom is 0.272 e. The van der Waals surface area contributed by atoms with E-state index in [1.54, 1.807) is 19.1 Å². The zero-order valence-corrected chi connectivity index (χ0v) is 12.8. The quantitative estimate of drug-likeness (QED) is 0.671. The molecule has 1 unspecified atom stereocenters.